The Bertz CT molecular complexity index is 457. The van der Waals surface area contributed by atoms with E-state index in [1.165, 1.54) is 11.1 Å². The Labute approximate surface area is 125 Å². The first-order chi connectivity index (χ1) is 9.50. The molecule has 20 heavy (non-hydrogen) atoms. The molecule has 1 N–H and O–H groups in total. The molecule has 0 aliphatic heterocycles. The van der Waals surface area contributed by atoms with Gasteiger partial charge in [0.2, 0.25) is 0 Å². The van der Waals surface area contributed by atoms with Crippen molar-refractivity contribution < 1.29 is 0 Å². The summed E-state index contributed by atoms with van der Waals surface area (Å²) in [6, 6.07) is 9.24. The number of rotatable bonds is 6. The minimum Gasteiger partial charge on any atom is -0.310 e. The van der Waals surface area contributed by atoms with Crippen molar-refractivity contribution in [2.24, 2.45) is 0 Å². The van der Waals surface area contributed by atoms with Gasteiger partial charge in [0.25, 0.3) is 0 Å². The fraction of sp³-hybridized carbons (Fsp3) is 0.579. The summed E-state index contributed by atoms with van der Waals surface area (Å²) in [5, 5.41) is 3.69. The Morgan fingerprint density at radius 2 is 1.90 bits per heavy atom. The van der Waals surface area contributed by atoms with E-state index in [4.69, 9.17) is 0 Å². The predicted octanol–water partition coefficient (Wildman–Crippen LogP) is 4.83. The Morgan fingerprint density at radius 3 is 2.50 bits per heavy atom. The summed E-state index contributed by atoms with van der Waals surface area (Å²) in [6.07, 6.45) is 3.19. The van der Waals surface area contributed by atoms with Crippen LogP contribution in [0.5, 0.6) is 0 Å². The highest BCUT2D eigenvalue weighted by Crippen LogP contribution is 2.31. The molecule has 1 atom stereocenters. The van der Waals surface area contributed by atoms with Gasteiger partial charge in [-0.2, -0.15) is 0 Å². The summed E-state index contributed by atoms with van der Waals surface area (Å²) in [4.78, 5) is 0. The van der Waals surface area contributed by atoms with E-state index in [1.807, 2.05) is 6.92 Å². The summed E-state index contributed by atoms with van der Waals surface area (Å²) in [7, 11) is 0. The zero-order chi connectivity index (χ0) is 15.0. The molecule has 0 aliphatic carbocycles. The number of hydrogen-bond acceptors (Lipinski definition) is 1. The Hall–Kier alpha value is -1.26. The number of hydrogen-bond donors (Lipinski definition) is 1. The van der Waals surface area contributed by atoms with E-state index in [-0.39, 0.29) is 5.41 Å². The maximum absolute atomic E-state index is 3.69. The molecule has 0 aromatic heterocycles. The van der Waals surface area contributed by atoms with Crippen LogP contribution in [0, 0.1) is 11.8 Å². The quantitative estimate of drug-likeness (QED) is 0.731. The Morgan fingerprint density at radius 1 is 1.20 bits per heavy atom. The zero-order valence-corrected chi connectivity index (χ0v) is 13.7. The predicted molar refractivity (Wildman–Crippen MR) is 88.9 cm³/mol. The van der Waals surface area contributed by atoms with Crippen molar-refractivity contribution in [1.82, 2.24) is 5.32 Å². The van der Waals surface area contributed by atoms with Gasteiger partial charge in [-0.05, 0) is 42.9 Å². The molecule has 1 unspecified atom stereocenters. The van der Waals surface area contributed by atoms with Crippen molar-refractivity contribution in [3.05, 3.63) is 35.4 Å². The second-order valence-corrected chi connectivity index (χ2v) is 6.31. The first-order valence-electron chi connectivity index (χ1n) is 7.73. The topological polar surface area (TPSA) is 12.0 Å². The maximum atomic E-state index is 3.69. The highest BCUT2D eigenvalue weighted by molar-refractivity contribution is 5.35. The van der Waals surface area contributed by atoms with Gasteiger partial charge in [0.05, 0.1) is 0 Å². The third-order valence-electron chi connectivity index (χ3n) is 3.52. The maximum Gasteiger partial charge on any atom is 0.0332 e. The highest BCUT2D eigenvalue weighted by atomic mass is 14.9. The van der Waals surface area contributed by atoms with Crippen LogP contribution in [0.15, 0.2) is 24.3 Å². The average Bonchev–Trinajstić information content (AvgIpc) is 2.42. The lowest BCUT2D eigenvalue weighted by molar-refractivity contribution is 0.486. The van der Waals surface area contributed by atoms with Gasteiger partial charge < -0.3 is 5.32 Å². The van der Waals surface area contributed by atoms with E-state index in [0.717, 1.165) is 25.8 Å². The van der Waals surface area contributed by atoms with Crippen molar-refractivity contribution in [3.63, 3.8) is 0 Å². The Kier molecular flexibility index (Phi) is 6.82. The van der Waals surface area contributed by atoms with Crippen LogP contribution in [0.3, 0.4) is 0 Å². The SMILES string of the molecule is CC#CCCC(NCCC)c1ccccc1C(C)(C)C. The molecule has 1 rings (SSSR count). The van der Waals surface area contributed by atoms with Gasteiger partial charge in [0.15, 0.2) is 0 Å². The summed E-state index contributed by atoms with van der Waals surface area (Å²) >= 11 is 0. The molecule has 0 radical (unpaired) electrons. The molecule has 1 aromatic rings. The van der Waals surface area contributed by atoms with Gasteiger partial charge in [-0.3, -0.25) is 0 Å². The third kappa shape index (κ3) is 5.02. The van der Waals surface area contributed by atoms with Crippen LogP contribution in [-0.4, -0.2) is 6.54 Å². The fourth-order valence-electron chi connectivity index (χ4n) is 2.51. The van der Waals surface area contributed by atoms with E-state index in [0.29, 0.717) is 6.04 Å². The van der Waals surface area contributed by atoms with Gasteiger partial charge >= 0.3 is 0 Å². The average molecular weight is 271 g/mol. The van der Waals surface area contributed by atoms with E-state index in [1.54, 1.807) is 0 Å². The molecule has 0 fully saturated rings. The minimum absolute atomic E-state index is 0.180. The van der Waals surface area contributed by atoms with Crippen molar-refractivity contribution in [3.8, 4) is 11.8 Å². The van der Waals surface area contributed by atoms with E-state index >= 15 is 0 Å². The van der Waals surface area contributed by atoms with Crippen LogP contribution >= 0.6 is 0 Å². The lowest BCUT2D eigenvalue weighted by Crippen LogP contribution is -2.26. The van der Waals surface area contributed by atoms with Crippen LogP contribution < -0.4 is 5.32 Å². The summed E-state index contributed by atoms with van der Waals surface area (Å²) in [5.41, 5.74) is 3.06. The summed E-state index contributed by atoms with van der Waals surface area (Å²) in [6.45, 7) is 12.0. The van der Waals surface area contributed by atoms with Crippen molar-refractivity contribution in [1.29, 1.82) is 0 Å². The van der Waals surface area contributed by atoms with Crippen molar-refractivity contribution >= 4 is 0 Å². The molecule has 0 bridgehead atoms. The molecule has 0 saturated carbocycles. The summed E-state index contributed by atoms with van der Waals surface area (Å²) in [5.74, 6) is 6.19. The minimum atomic E-state index is 0.180. The van der Waals surface area contributed by atoms with Crippen LogP contribution in [0.25, 0.3) is 0 Å². The molecule has 0 spiro atoms. The first kappa shape index (κ1) is 16.8. The first-order valence-corrected chi connectivity index (χ1v) is 7.73. The fourth-order valence-corrected chi connectivity index (χ4v) is 2.51. The van der Waals surface area contributed by atoms with Gasteiger partial charge in [-0.15, -0.1) is 11.8 Å². The standard InChI is InChI=1S/C19H29N/c1-6-8-9-14-18(20-15-7-2)16-12-10-11-13-17(16)19(3,4)5/h10-13,18,20H,7,9,14-15H2,1-5H3. The third-order valence-corrected chi connectivity index (χ3v) is 3.52. The lowest BCUT2D eigenvalue weighted by atomic mass is 9.81. The number of nitrogens with one attached hydrogen (secondary N) is 1. The van der Waals surface area contributed by atoms with Crippen LogP contribution in [-0.2, 0) is 5.41 Å². The smallest absolute Gasteiger partial charge is 0.0332 e. The number of benzene rings is 1. The van der Waals surface area contributed by atoms with Gasteiger partial charge in [-0.25, -0.2) is 0 Å². The molecule has 0 aliphatic rings. The molecular weight excluding hydrogens is 242 g/mol. The molecule has 1 aromatic carbocycles. The van der Waals surface area contributed by atoms with Crippen LogP contribution in [0.1, 0.15) is 71.0 Å². The van der Waals surface area contributed by atoms with E-state index in [2.05, 4.69) is 69.1 Å². The van der Waals surface area contributed by atoms with E-state index in [9.17, 15) is 0 Å². The molecule has 1 heteroatoms. The van der Waals surface area contributed by atoms with Gasteiger partial charge in [-0.1, -0.05) is 52.0 Å². The highest BCUT2D eigenvalue weighted by Gasteiger charge is 2.21. The molecule has 1 nitrogen and oxygen atoms in total. The largest absolute Gasteiger partial charge is 0.310 e. The molecule has 0 amide bonds. The molecule has 0 saturated heterocycles. The van der Waals surface area contributed by atoms with Crippen LogP contribution in [0.4, 0.5) is 0 Å². The van der Waals surface area contributed by atoms with Gasteiger partial charge in [0, 0.05) is 12.5 Å². The van der Waals surface area contributed by atoms with Crippen molar-refractivity contribution in [2.45, 2.75) is 65.3 Å². The summed E-state index contributed by atoms with van der Waals surface area (Å²) < 4.78 is 0. The monoisotopic (exact) mass is 271 g/mol. The molecule has 0 heterocycles. The molecular formula is C19H29N. The van der Waals surface area contributed by atoms with E-state index < -0.39 is 0 Å². The lowest BCUT2D eigenvalue weighted by Gasteiger charge is -2.28. The second kappa shape index (κ2) is 8.12. The van der Waals surface area contributed by atoms with Crippen LogP contribution in [0.2, 0.25) is 0 Å². The normalized spacial score (nSPS) is 12.7. The zero-order valence-electron chi connectivity index (χ0n) is 13.7. The van der Waals surface area contributed by atoms with Crippen molar-refractivity contribution in [2.75, 3.05) is 6.54 Å². The molecule has 110 valence electrons. The van der Waals surface area contributed by atoms with Gasteiger partial charge in [0.1, 0.15) is 0 Å². The Balaban J connectivity index is 3.01. The second-order valence-electron chi connectivity index (χ2n) is 6.31.